The van der Waals surface area contributed by atoms with Gasteiger partial charge in [-0.25, -0.2) is 0 Å². The van der Waals surface area contributed by atoms with Crippen molar-refractivity contribution in [3.63, 3.8) is 0 Å². The zero-order chi connectivity index (χ0) is 16.1. The van der Waals surface area contributed by atoms with Gasteiger partial charge in [0.05, 0.1) is 12.8 Å². The Labute approximate surface area is 136 Å². The van der Waals surface area contributed by atoms with Crippen LogP contribution in [0.2, 0.25) is 0 Å². The van der Waals surface area contributed by atoms with Crippen LogP contribution in [0.15, 0.2) is 83.0 Å². The molecule has 0 N–H and O–H groups in total. The van der Waals surface area contributed by atoms with E-state index in [0.29, 0.717) is 0 Å². The molecule has 3 aromatic carbocycles. The highest BCUT2D eigenvalue weighted by atomic mass is 16.5. The van der Waals surface area contributed by atoms with Gasteiger partial charge in [-0.2, -0.15) is 5.11 Å². The van der Waals surface area contributed by atoms with E-state index >= 15 is 0 Å². The van der Waals surface area contributed by atoms with Crippen LogP contribution in [0.3, 0.4) is 0 Å². The summed E-state index contributed by atoms with van der Waals surface area (Å²) in [5.74, 6) is 0.737. The van der Waals surface area contributed by atoms with Gasteiger partial charge in [0.15, 0.2) is 5.75 Å². The Bertz CT molecular complexity index is 812. The Morgan fingerprint density at radius 3 is 2.09 bits per heavy atom. The zero-order valence-corrected chi connectivity index (χ0v) is 13.2. The molecule has 114 valence electrons. The van der Waals surface area contributed by atoms with Gasteiger partial charge in [-0.05, 0) is 42.3 Å². The van der Waals surface area contributed by atoms with Crippen LogP contribution in [0.25, 0.3) is 11.1 Å². The summed E-state index contributed by atoms with van der Waals surface area (Å²) in [4.78, 5) is 0. The average molecular weight is 302 g/mol. The Kier molecular flexibility index (Phi) is 4.48. The van der Waals surface area contributed by atoms with Crippen molar-refractivity contribution in [2.24, 2.45) is 10.2 Å². The minimum Gasteiger partial charge on any atom is -0.494 e. The number of ether oxygens (including phenoxy) is 1. The zero-order valence-electron chi connectivity index (χ0n) is 13.2. The van der Waals surface area contributed by atoms with E-state index < -0.39 is 0 Å². The maximum Gasteiger partial charge on any atom is 0.154 e. The summed E-state index contributed by atoms with van der Waals surface area (Å²) in [6.07, 6.45) is 0. The quantitative estimate of drug-likeness (QED) is 0.537. The molecule has 3 rings (SSSR count). The first kappa shape index (κ1) is 15.0. The molecule has 0 spiro atoms. The first-order valence-corrected chi connectivity index (χ1v) is 7.49. The summed E-state index contributed by atoms with van der Waals surface area (Å²) < 4.78 is 5.62. The van der Waals surface area contributed by atoms with Gasteiger partial charge >= 0.3 is 0 Å². The van der Waals surface area contributed by atoms with E-state index in [4.69, 9.17) is 4.74 Å². The minimum absolute atomic E-state index is 0.732. The molecule has 3 nitrogen and oxygen atoms in total. The van der Waals surface area contributed by atoms with E-state index in [9.17, 15) is 0 Å². The van der Waals surface area contributed by atoms with Gasteiger partial charge in [0.25, 0.3) is 0 Å². The predicted molar refractivity (Wildman–Crippen MR) is 93.8 cm³/mol. The second-order valence-corrected chi connectivity index (χ2v) is 5.27. The van der Waals surface area contributed by atoms with Gasteiger partial charge in [-0.15, -0.1) is 5.11 Å². The highest BCUT2D eigenvalue weighted by molar-refractivity contribution is 5.77. The molecule has 3 heteroatoms. The summed E-state index contributed by atoms with van der Waals surface area (Å²) in [6, 6.07) is 23.9. The van der Waals surface area contributed by atoms with E-state index in [0.717, 1.165) is 33.8 Å². The minimum atomic E-state index is 0.732. The lowest BCUT2D eigenvalue weighted by molar-refractivity contribution is 0.417. The third kappa shape index (κ3) is 3.46. The fraction of sp³-hybridized carbons (Fsp3) is 0.100. The molecule has 0 amide bonds. The van der Waals surface area contributed by atoms with Crippen LogP contribution in [-0.2, 0) is 0 Å². The largest absolute Gasteiger partial charge is 0.494 e. The molecule has 3 aromatic rings. The van der Waals surface area contributed by atoms with Crippen molar-refractivity contribution in [1.29, 1.82) is 0 Å². The predicted octanol–water partition coefficient (Wildman–Crippen LogP) is 6.09. The van der Waals surface area contributed by atoms with Gasteiger partial charge in [-0.3, -0.25) is 0 Å². The smallest absolute Gasteiger partial charge is 0.154 e. The lowest BCUT2D eigenvalue weighted by atomic mass is 10.0. The molecule has 23 heavy (non-hydrogen) atoms. The highest BCUT2D eigenvalue weighted by Crippen LogP contribution is 2.39. The second kappa shape index (κ2) is 6.88. The molecule has 0 unspecified atom stereocenters. The van der Waals surface area contributed by atoms with E-state index in [2.05, 4.69) is 28.4 Å². The van der Waals surface area contributed by atoms with E-state index in [1.54, 1.807) is 7.11 Å². The SMILES string of the molecule is COc1c(N=Nc2ccccc2)cc(C)cc1-c1ccccc1. The van der Waals surface area contributed by atoms with Crippen molar-refractivity contribution in [3.05, 3.63) is 78.4 Å². The molecule has 0 aliphatic heterocycles. The summed E-state index contributed by atoms with van der Waals surface area (Å²) in [6.45, 7) is 2.05. The molecule has 0 bridgehead atoms. The molecule has 0 aliphatic rings. The molecule has 0 radical (unpaired) electrons. The molecular formula is C20H18N2O. The van der Waals surface area contributed by atoms with Crippen LogP contribution in [0, 0.1) is 6.92 Å². The van der Waals surface area contributed by atoms with Crippen molar-refractivity contribution < 1.29 is 4.74 Å². The number of nitrogens with zero attached hydrogens (tertiary/aromatic N) is 2. The topological polar surface area (TPSA) is 34.0 Å². The summed E-state index contributed by atoms with van der Waals surface area (Å²) in [7, 11) is 1.67. The number of hydrogen-bond acceptors (Lipinski definition) is 3. The van der Waals surface area contributed by atoms with Crippen molar-refractivity contribution >= 4 is 11.4 Å². The van der Waals surface area contributed by atoms with E-state index in [1.165, 1.54) is 0 Å². The maximum atomic E-state index is 5.62. The van der Waals surface area contributed by atoms with Crippen LogP contribution in [-0.4, -0.2) is 7.11 Å². The van der Waals surface area contributed by atoms with Gasteiger partial charge in [0.1, 0.15) is 5.69 Å². The van der Waals surface area contributed by atoms with Crippen molar-refractivity contribution in [3.8, 4) is 16.9 Å². The number of aryl methyl sites for hydroxylation is 1. The molecule has 0 aromatic heterocycles. The Morgan fingerprint density at radius 1 is 0.783 bits per heavy atom. The molecular weight excluding hydrogens is 284 g/mol. The first-order valence-electron chi connectivity index (χ1n) is 7.49. The molecule has 0 saturated heterocycles. The summed E-state index contributed by atoms with van der Waals surface area (Å²) in [5.41, 5.74) is 4.79. The number of methoxy groups -OCH3 is 1. The molecule has 0 atom stereocenters. The van der Waals surface area contributed by atoms with Crippen LogP contribution < -0.4 is 4.74 Å². The van der Waals surface area contributed by atoms with Crippen molar-refractivity contribution in [1.82, 2.24) is 0 Å². The third-order valence-corrected chi connectivity index (χ3v) is 3.53. The van der Waals surface area contributed by atoms with Gasteiger partial charge in [0, 0.05) is 5.56 Å². The third-order valence-electron chi connectivity index (χ3n) is 3.53. The van der Waals surface area contributed by atoms with Crippen LogP contribution in [0.1, 0.15) is 5.56 Å². The normalized spacial score (nSPS) is 10.9. The lowest BCUT2D eigenvalue weighted by Gasteiger charge is -2.12. The van der Waals surface area contributed by atoms with Crippen LogP contribution in [0.5, 0.6) is 5.75 Å². The van der Waals surface area contributed by atoms with E-state index in [1.807, 2.05) is 61.5 Å². The second-order valence-electron chi connectivity index (χ2n) is 5.27. The fourth-order valence-electron chi connectivity index (χ4n) is 2.48. The Morgan fingerprint density at radius 2 is 1.43 bits per heavy atom. The van der Waals surface area contributed by atoms with Gasteiger partial charge < -0.3 is 4.74 Å². The van der Waals surface area contributed by atoms with Crippen LogP contribution >= 0.6 is 0 Å². The average Bonchev–Trinajstić information content (AvgIpc) is 2.61. The van der Waals surface area contributed by atoms with Crippen LogP contribution in [0.4, 0.5) is 11.4 Å². The maximum absolute atomic E-state index is 5.62. The monoisotopic (exact) mass is 302 g/mol. The fourth-order valence-corrected chi connectivity index (χ4v) is 2.48. The summed E-state index contributed by atoms with van der Waals surface area (Å²) >= 11 is 0. The molecule has 0 fully saturated rings. The van der Waals surface area contributed by atoms with E-state index in [-0.39, 0.29) is 0 Å². The number of azo groups is 1. The first-order chi connectivity index (χ1) is 11.3. The Balaban J connectivity index is 2.07. The number of benzene rings is 3. The summed E-state index contributed by atoms with van der Waals surface area (Å²) in [5, 5.41) is 8.70. The number of rotatable bonds is 4. The Hall–Kier alpha value is -2.94. The van der Waals surface area contributed by atoms with Gasteiger partial charge in [-0.1, -0.05) is 48.5 Å². The molecule has 0 heterocycles. The molecule has 0 aliphatic carbocycles. The van der Waals surface area contributed by atoms with Crippen molar-refractivity contribution in [2.75, 3.05) is 7.11 Å². The standard InChI is InChI=1S/C20H18N2O/c1-15-13-18(16-9-5-3-6-10-16)20(23-2)19(14-15)22-21-17-11-7-4-8-12-17/h3-14H,1-2H3. The number of hydrogen-bond donors (Lipinski definition) is 0. The lowest BCUT2D eigenvalue weighted by Crippen LogP contribution is -1.90. The van der Waals surface area contributed by atoms with Gasteiger partial charge in [0.2, 0.25) is 0 Å². The highest BCUT2D eigenvalue weighted by Gasteiger charge is 2.12. The van der Waals surface area contributed by atoms with Crippen molar-refractivity contribution in [2.45, 2.75) is 6.92 Å². The molecule has 0 saturated carbocycles.